The van der Waals surface area contributed by atoms with Crippen molar-refractivity contribution >= 4 is 0 Å². The van der Waals surface area contributed by atoms with Gasteiger partial charge in [0.25, 0.3) is 0 Å². The molecule has 1 rings (SSSR count). The molecule has 0 N–H and O–H groups in total. The summed E-state index contributed by atoms with van der Waals surface area (Å²) < 4.78 is 5.18. The minimum absolute atomic E-state index is 0.211. The quantitative estimate of drug-likeness (QED) is 0.612. The maximum absolute atomic E-state index is 5.22. The number of methoxy groups -OCH3 is 1. The molecule has 12 heavy (non-hydrogen) atoms. The Bertz CT molecular complexity index is 144. The molecular weight excluding hydrogens is 156 g/mol. The van der Waals surface area contributed by atoms with E-state index in [1.807, 2.05) is 0 Å². The zero-order valence-electron chi connectivity index (χ0n) is 8.46. The number of rotatable bonds is 3. The van der Waals surface area contributed by atoms with Gasteiger partial charge in [-0.15, -0.1) is 0 Å². The van der Waals surface area contributed by atoms with Crippen LogP contribution in [0.15, 0.2) is 0 Å². The van der Waals surface area contributed by atoms with Crippen LogP contribution in [-0.4, -0.2) is 19.0 Å². The average Bonchev–Trinajstić information content (AvgIpc) is 1.84. The summed E-state index contributed by atoms with van der Waals surface area (Å²) in [5.74, 6) is 0.799. The Kier molecular flexibility index (Phi) is 2.76. The van der Waals surface area contributed by atoms with Gasteiger partial charge in [-0.05, 0) is 11.8 Å². The van der Waals surface area contributed by atoms with Crippen LogP contribution >= 0.6 is 0 Å². The molecule has 0 aliphatic carbocycles. The summed E-state index contributed by atoms with van der Waals surface area (Å²) in [6, 6.07) is 0. The van der Waals surface area contributed by atoms with Gasteiger partial charge in [0, 0.05) is 7.11 Å². The summed E-state index contributed by atoms with van der Waals surface area (Å²) in [7, 11) is 1.65. The Balaban J connectivity index is 2.74. The second-order valence-corrected chi connectivity index (χ2v) is 3.91. The minimum Gasteiger partial charge on any atom is -0.351 e. The third kappa shape index (κ3) is 1.16. The fraction of sp³-hybridized carbons (Fsp3) is 1.00. The normalized spacial score (nSPS) is 27.8. The number of hydrogen-bond acceptors (Lipinski definition) is 3. The van der Waals surface area contributed by atoms with E-state index in [0.717, 1.165) is 0 Å². The Labute approximate surface area is 73.9 Å². The van der Waals surface area contributed by atoms with Crippen LogP contribution in [0, 0.1) is 11.8 Å². The molecule has 1 saturated heterocycles. The van der Waals surface area contributed by atoms with Crippen molar-refractivity contribution in [2.45, 2.75) is 39.6 Å². The van der Waals surface area contributed by atoms with E-state index < -0.39 is 0 Å². The van der Waals surface area contributed by atoms with Crippen molar-refractivity contribution in [1.29, 1.82) is 0 Å². The van der Waals surface area contributed by atoms with E-state index in [1.165, 1.54) is 0 Å². The lowest BCUT2D eigenvalue weighted by Crippen LogP contribution is -2.63. The molecule has 3 heteroatoms. The van der Waals surface area contributed by atoms with E-state index in [1.54, 1.807) is 7.11 Å². The molecule has 0 aromatic carbocycles. The Morgan fingerprint density at radius 2 is 1.67 bits per heavy atom. The molecule has 1 aliphatic heterocycles. The van der Waals surface area contributed by atoms with Gasteiger partial charge >= 0.3 is 0 Å². The van der Waals surface area contributed by atoms with Crippen molar-refractivity contribution < 1.29 is 14.5 Å². The summed E-state index contributed by atoms with van der Waals surface area (Å²) >= 11 is 0. The van der Waals surface area contributed by atoms with Gasteiger partial charge in [-0.3, -0.25) is 0 Å². The molecule has 0 amide bonds. The summed E-state index contributed by atoms with van der Waals surface area (Å²) in [5.41, 5.74) is -0.255. The molecule has 3 nitrogen and oxygen atoms in total. The van der Waals surface area contributed by atoms with Crippen molar-refractivity contribution in [3.05, 3.63) is 0 Å². The highest BCUT2D eigenvalue weighted by atomic mass is 17.3. The first kappa shape index (κ1) is 9.96. The van der Waals surface area contributed by atoms with Crippen LogP contribution < -0.4 is 0 Å². The van der Waals surface area contributed by atoms with Crippen molar-refractivity contribution in [2.24, 2.45) is 11.8 Å². The fourth-order valence-corrected chi connectivity index (χ4v) is 1.83. The van der Waals surface area contributed by atoms with Crippen molar-refractivity contribution in [2.75, 3.05) is 7.11 Å². The second-order valence-electron chi connectivity index (χ2n) is 3.91. The molecule has 1 fully saturated rings. The second kappa shape index (κ2) is 3.32. The largest absolute Gasteiger partial charge is 0.351 e. The van der Waals surface area contributed by atoms with Gasteiger partial charge < -0.3 is 4.74 Å². The maximum Gasteiger partial charge on any atom is 0.224 e. The first-order chi connectivity index (χ1) is 5.55. The molecule has 1 heterocycles. The van der Waals surface area contributed by atoms with Gasteiger partial charge in [0.15, 0.2) is 5.60 Å². The monoisotopic (exact) mass is 174 g/mol. The fourth-order valence-electron chi connectivity index (χ4n) is 1.83. The van der Waals surface area contributed by atoms with E-state index in [0.29, 0.717) is 11.8 Å². The molecule has 0 bridgehead atoms. The van der Waals surface area contributed by atoms with Crippen LogP contribution in [0.25, 0.3) is 0 Å². The zero-order chi connectivity index (χ0) is 9.35. The van der Waals surface area contributed by atoms with Crippen LogP contribution in [0.5, 0.6) is 0 Å². The van der Waals surface area contributed by atoms with Gasteiger partial charge in [0.1, 0.15) is 0 Å². The number of hydrogen-bond donors (Lipinski definition) is 0. The van der Waals surface area contributed by atoms with E-state index in [4.69, 9.17) is 14.5 Å². The Hall–Kier alpha value is -0.120. The predicted molar refractivity (Wildman–Crippen MR) is 45.4 cm³/mol. The van der Waals surface area contributed by atoms with Gasteiger partial charge in [-0.1, -0.05) is 27.7 Å². The molecule has 1 unspecified atom stereocenters. The average molecular weight is 174 g/mol. The molecule has 0 spiro atoms. The predicted octanol–water partition coefficient (Wildman–Crippen LogP) is 1.97. The van der Waals surface area contributed by atoms with E-state index in [-0.39, 0.29) is 11.9 Å². The zero-order valence-corrected chi connectivity index (χ0v) is 8.46. The highest BCUT2D eigenvalue weighted by Gasteiger charge is 2.56. The first-order valence-electron chi connectivity index (χ1n) is 4.43. The van der Waals surface area contributed by atoms with Crippen molar-refractivity contribution in [3.8, 4) is 0 Å². The van der Waals surface area contributed by atoms with Gasteiger partial charge in [-0.25, -0.2) is 9.78 Å². The molecule has 0 saturated carbocycles. The van der Waals surface area contributed by atoms with E-state index in [2.05, 4.69) is 27.7 Å². The van der Waals surface area contributed by atoms with Crippen LogP contribution in [0.2, 0.25) is 0 Å². The van der Waals surface area contributed by atoms with Gasteiger partial charge in [0.05, 0.1) is 0 Å². The van der Waals surface area contributed by atoms with E-state index >= 15 is 0 Å². The SMILES string of the molecule is COC1OOC1(C(C)C)C(C)C. The highest BCUT2D eigenvalue weighted by Crippen LogP contribution is 2.43. The minimum atomic E-state index is -0.255. The molecular formula is C9H18O3. The van der Waals surface area contributed by atoms with Gasteiger partial charge in [0.2, 0.25) is 6.29 Å². The van der Waals surface area contributed by atoms with E-state index in [9.17, 15) is 0 Å². The smallest absolute Gasteiger partial charge is 0.224 e. The molecule has 1 atom stereocenters. The van der Waals surface area contributed by atoms with Crippen LogP contribution in [0.4, 0.5) is 0 Å². The summed E-state index contributed by atoms with van der Waals surface area (Å²) in [6.45, 7) is 8.48. The Morgan fingerprint density at radius 1 is 1.17 bits per heavy atom. The molecule has 1 aliphatic rings. The summed E-state index contributed by atoms with van der Waals surface area (Å²) in [6.07, 6.45) is -0.211. The standard InChI is InChI=1S/C9H18O3/c1-6(2)9(7(3)4)8(10-5)11-12-9/h6-8H,1-5H3. The summed E-state index contributed by atoms with van der Waals surface area (Å²) in [5, 5.41) is 0. The van der Waals surface area contributed by atoms with Crippen LogP contribution in [0.3, 0.4) is 0 Å². The van der Waals surface area contributed by atoms with Gasteiger partial charge in [-0.2, -0.15) is 0 Å². The Morgan fingerprint density at radius 3 is 1.75 bits per heavy atom. The third-order valence-corrected chi connectivity index (χ3v) is 2.67. The molecule has 0 aromatic rings. The highest BCUT2D eigenvalue weighted by molar-refractivity contribution is 4.93. The van der Waals surface area contributed by atoms with Crippen molar-refractivity contribution in [1.82, 2.24) is 0 Å². The van der Waals surface area contributed by atoms with Crippen LogP contribution in [0.1, 0.15) is 27.7 Å². The lowest BCUT2D eigenvalue weighted by atomic mass is 9.78. The maximum atomic E-state index is 5.22. The molecule has 0 aromatic heterocycles. The summed E-state index contributed by atoms with van der Waals surface area (Å²) in [4.78, 5) is 10.1. The topological polar surface area (TPSA) is 27.7 Å². The number of ether oxygens (including phenoxy) is 1. The first-order valence-corrected chi connectivity index (χ1v) is 4.43. The molecule has 72 valence electrons. The third-order valence-electron chi connectivity index (χ3n) is 2.67. The van der Waals surface area contributed by atoms with Crippen LogP contribution in [-0.2, 0) is 14.5 Å². The lowest BCUT2D eigenvalue weighted by molar-refractivity contribution is -0.574. The lowest BCUT2D eigenvalue weighted by Gasteiger charge is -2.50. The molecule has 0 radical (unpaired) electrons. The van der Waals surface area contributed by atoms with Crippen molar-refractivity contribution in [3.63, 3.8) is 0 Å².